The van der Waals surface area contributed by atoms with Crippen molar-refractivity contribution in [3.05, 3.63) is 54.4 Å². The van der Waals surface area contributed by atoms with Gasteiger partial charge in [0, 0.05) is 24.0 Å². The third-order valence-corrected chi connectivity index (χ3v) is 3.04. The summed E-state index contributed by atoms with van der Waals surface area (Å²) >= 11 is 5.91. The van der Waals surface area contributed by atoms with Crippen LogP contribution < -0.4 is 5.32 Å². The number of para-hydroxylation sites is 1. The number of aromatic nitrogens is 3. The van der Waals surface area contributed by atoms with Gasteiger partial charge in [-0.3, -0.25) is 4.98 Å². The average molecular weight is 271 g/mol. The Labute approximate surface area is 115 Å². The molecule has 0 aliphatic rings. The molecule has 2 heterocycles. The van der Waals surface area contributed by atoms with Gasteiger partial charge < -0.3 is 5.32 Å². The maximum Gasteiger partial charge on any atom is 0.180 e. The molecule has 2 aromatic heterocycles. The highest BCUT2D eigenvalue weighted by atomic mass is 35.5. The topological polar surface area (TPSA) is 50.7 Å². The van der Waals surface area contributed by atoms with Crippen LogP contribution in [0.2, 0.25) is 0 Å². The maximum atomic E-state index is 5.91. The summed E-state index contributed by atoms with van der Waals surface area (Å²) in [5.41, 5.74) is 3.38. The number of alkyl halides is 1. The number of nitrogens with one attached hydrogen (secondary N) is 1. The molecule has 0 bridgehead atoms. The Hall–Kier alpha value is -2.20. The van der Waals surface area contributed by atoms with Gasteiger partial charge in [0.1, 0.15) is 11.3 Å². The highest BCUT2D eigenvalue weighted by Gasteiger charge is 2.03. The Morgan fingerprint density at radius 2 is 1.84 bits per heavy atom. The van der Waals surface area contributed by atoms with Crippen molar-refractivity contribution >= 4 is 34.3 Å². The van der Waals surface area contributed by atoms with E-state index in [1.165, 1.54) is 0 Å². The van der Waals surface area contributed by atoms with Gasteiger partial charge >= 0.3 is 0 Å². The minimum atomic E-state index is 0.455. The van der Waals surface area contributed by atoms with E-state index in [0.717, 1.165) is 22.6 Å². The summed E-state index contributed by atoms with van der Waals surface area (Å²) in [6.07, 6.45) is 3.28. The second-order valence-electron chi connectivity index (χ2n) is 4.01. The van der Waals surface area contributed by atoms with Crippen LogP contribution in [0.25, 0.3) is 11.2 Å². The molecule has 4 nitrogen and oxygen atoms in total. The number of fused-ring (bicyclic) bond motifs is 1. The van der Waals surface area contributed by atoms with Crippen molar-refractivity contribution in [3.63, 3.8) is 0 Å². The lowest BCUT2D eigenvalue weighted by Crippen LogP contribution is -1.97. The first-order valence-electron chi connectivity index (χ1n) is 5.85. The van der Waals surface area contributed by atoms with Gasteiger partial charge in [0.25, 0.3) is 0 Å². The van der Waals surface area contributed by atoms with Crippen LogP contribution in [0.5, 0.6) is 0 Å². The molecule has 5 heteroatoms. The van der Waals surface area contributed by atoms with Crippen molar-refractivity contribution in [2.24, 2.45) is 0 Å². The molecule has 0 unspecified atom stereocenters. The molecule has 3 aromatic rings. The van der Waals surface area contributed by atoms with Crippen molar-refractivity contribution in [3.8, 4) is 0 Å². The fraction of sp³-hybridized carbons (Fsp3) is 0.0714. The van der Waals surface area contributed by atoms with Gasteiger partial charge in [-0.1, -0.05) is 18.2 Å². The first-order valence-corrected chi connectivity index (χ1v) is 6.39. The summed E-state index contributed by atoms with van der Waals surface area (Å²) in [5, 5.41) is 3.25. The highest BCUT2D eigenvalue weighted by molar-refractivity contribution is 6.17. The van der Waals surface area contributed by atoms with Crippen LogP contribution in [0.3, 0.4) is 0 Å². The SMILES string of the molecule is ClCc1ccccc1Nc1ccc2nccnc2n1. The van der Waals surface area contributed by atoms with E-state index in [9.17, 15) is 0 Å². The average Bonchev–Trinajstić information content (AvgIpc) is 2.48. The molecule has 1 aromatic carbocycles. The first kappa shape index (κ1) is 11.9. The van der Waals surface area contributed by atoms with Crippen molar-refractivity contribution in [1.29, 1.82) is 0 Å². The van der Waals surface area contributed by atoms with E-state index in [4.69, 9.17) is 11.6 Å². The highest BCUT2D eigenvalue weighted by Crippen LogP contribution is 2.21. The standard InChI is InChI=1S/C14H11ClN4/c15-9-10-3-1-2-4-11(10)18-13-6-5-12-14(19-13)17-8-7-16-12/h1-8H,9H2,(H,17,18,19). The van der Waals surface area contributed by atoms with Crippen molar-refractivity contribution in [2.75, 3.05) is 5.32 Å². The number of pyridine rings is 1. The summed E-state index contributed by atoms with van der Waals surface area (Å²) in [4.78, 5) is 12.8. The number of benzene rings is 1. The van der Waals surface area contributed by atoms with E-state index in [0.29, 0.717) is 11.5 Å². The molecule has 3 rings (SSSR count). The molecular weight excluding hydrogens is 260 g/mol. The summed E-state index contributed by atoms with van der Waals surface area (Å²) in [6.45, 7) is 0. The third kappa shape index (κ3) is 2.48. The predicted octanol–water partition coefficient (Wildman–Crippen LogP) is 3.51. The number of rotatable bonds is 3. The largest absolute Gasteiger partial charge is 0.340 e. The van der Waals surface area contributed by atoms with E-state index in [1.807, 2.05) is 36.4 Å². The monoisotopic (exact) mass is 270 g/mol. The van der Waals surface area contributed by atoms with E-state index in [-0.39, 0.29) is 0 Å². The predicted molar refractivity (Wildman–Crippen MR) is 76.6 cm³/mol. The zero-order valence-electron chi connectivity index (χ0n) is 10.0. The zero-order valence-corrected chi connectivity index (χ0v) is 10.8. The molecule has 1 N–H and O–H groups in total. The summed E-state index contributed by atoms with van der Waals surface area (Å²) in [6, 6.07) is 11.6. The van der Waals surface area contributed by atoms with Gasteiger partial charge in [0.05, 0.1) is 0 Å². The molecule has 19 heavy (non-hydrogen) atoms. The number of nitrogens with zero attached hydrogens (tertiary/aromatic N) is 3. The maximum absolute atomic E-state index is 5.91. The summed E-state index contributed by atoms with van der Waals surface area (Å²) in [5.74, 6) is 1.18. The number of anilines is 2. The molecule has 0 saturated heterocycles. The van der Waals surface area contributed by atoms with E-state index in [1.54, 1.807) is 12.4 Å². The van der Waals surface area contributed by atoms with Gasteiger partial charge in [-0.05, 0) is 23.8 Å². The van der Waals surface area contributed by atoms with Crippen LogP contribution in [0, 0.1) is 0 Å². The molecule has 0 amide bonds. The van der Waals surface area contributed by atoms with Gasteiger partial charge in [0.2, 0.25) is 0 Å². The van der Waals surface area contributed by atoms with Crippen LogP contribution in [-0.2, 0) is 5.88 Å². The second-order valence-corrected chi connectivity index (χ2v) is 4.28. The van der Waals surface area contributed by atoms with Crippen molar-refractivity contribution in [2.45, 2.75) is 5.88 Å². The number of hydrogen-bond acceptors (Lipinski definition) is 4. The fourth-order valence-electron chi connectivity index (χ4n) is 1.82. The normalized spacial score (nSPS) is 10.6. The Balaban J connectivity index is 1.96. The lowest BCUT2D eigenvalue weighted by molar-refractivity contribution is 1.22. The van der Waals surface area contributed by atoms with Crippen LogP contribution in [-0.4, -0.2) is 15.0 Å². The van der Waals surface area contributed by atoms with Gasteiger partial charge in [0.15, 0.2) is 5.65 Å². The molecule has 0 radical (unpaired) electrons. The van der Waals surface area contributed by atoms with Crippen molar-refractivity contribution in [1.82, 2.24) is 15.0 Å². The number of halogens is 1. The molecule has 0 aliphatic carbocycles. The molecule has 94 valence electrons. The second kappa shape index (κ2) is 5.20. The van der Waals surface area contributed by atoms with Crippen LogP contribution in [0.1, 0.15) is 5.56 Å². The molecule has 0 fully saturated rings. The fourth-order valence-corrected chi connectivity index (χ4v) is 2.05. The molecule has 0 aliphatic heterocycles. The van der Waals surface area contributed by atoms with Crippen LogP contribution >= 0.6 is 11.6 Å². The van der Waals surface area contributed by atoms with E-state index < -0.39 is 0 Å². The third-order valence-electron chi connectivity index (χ3n) is 2.76. The van der Waals surface area contributed by atoms with Gasteiger partial charge in [-0.15, -0.1) is 11.6 Å². The minimum Gasteiger partial charge on any atom is -0.340 e. The van der Waals surface area contributed by atoms with Crippen LogP contribution in [0.4, 0.5) is 11.5 Å². The lowest BCUT2D eigenvalue weighted by Gasteiger charge is -2.09. The van der Waals surface area contributed by atoms with E-state index >= 15 is 0 Å². The lowest BCUT2D eigenvalue weighted by atomic mass is 10.2. The Bertz CT molecular complexity index is 714. The van der Waals surface area contributed by atoms with E-state index in [2.05, 4.69) is 20.3 Å². The first-order chi connectivity index (χ1) is 9.36. The smallest absolute Gasteiger partial charge is 0.180 e. The molecular formula is C14H11ClN4. The molecule has 0 spiro atoms. The van der Waals surface area contributed by atoms with Gasteiger partial charge in [-0.25, -0.2) is 9.97 Å². The van der Waals surface area contributed by atoms with Crippen LogP contribution in [0.15, 0.2) is 48.8 Å². The molecule has 0 saturated carbocycles. The summed E-state index contributed by atoms with van der Waals surface area (Å²) < 4.78 is 0. The molecule has 0 atom stereocenters. The van der Waals surface area contributed by atoms with Crippen molar-refractivity contribution < 1.29 is 0 Å². The minimum absolute atomic E-state index is 0.455. The van der Waals surface area contributed by atoms with Gasteiger partial charge in [-0.2, -0.15) is 0 Å². The summed E-state index contributed by atoms with van der Waals surface area (Å²) in [7, 11) is 0. The Morgan fingerprint density at radius 1 is 1.00 bits per heavy atom. The quantitative estimate of drug-likeness (QED) is 0.740. The Kier molecular flexibility index (Phi) is 3.25. The number of hydrogen-bond donors (Lipinski definition) is 1. The Morgan fingerprint density at radius 3 is 2.74 bits per heavy atom. The zero-order chi connectivity index (χ0) is 13.1.